The van der Waals surface area contributed by atoms with Crippen LogP contribution in [0.5, 0.6) is 0 Å². The summed E-state index contributed by atoms with van der Waals surface area (Å²) in [5, 5.41) is 0. The molecule has 1 nitrogen and oxygen atoms in total. The Labute approximate surface area is 96.0 Å². The molecule has 78 valence electrons. The van der Waals surface area contributed by atoms with Crippen molar-refractivity contribution in [1.29, 1.82) is 0 Å². The molecule has 0 spiro atoms. The van der Waals surface area contributed by atoms with Crippen LogP contribution in [-0.2, 0) is 0 Å². The molecule has 0 saturated heterocycles. The summed E-state index contributed by atoms with van der Waals surface area (Å²) in [4.78, 5) is 0. The van der Waals surface area contributed by atoms with Gasteiger partial charge in [0.25, 0.3) is 0 Å². The van der Waals surface area contributed by atoms with Crippen LogP contribution in [0.2, 0.25) is 0 Å². The maximum Gasteiger partial charge on any atom is 0.0110 e. The van der Waals surface area contributed by atoms with Crippen LogP contribution in [0.4, 0.5) is 0 Å². The minimum Gasteiger partial charge on any atom is -0.328 e. The fourth-order valence-corrected chi connectivity index (χ4v) is 2.92. The van der Waals surface area contributed by atoms with Crippen molar-refractivity contribution >= 4 is 22.6 Å². The number of halogens is 1. The SMILES string of the molecule is CC(I)C1CCCCC(N)CCC1. The van der Waals surface area contributed by atoms with Gasteiger partial charge in [0.05, 0.1) is 0 Å². The van der Waals surface area contributed by atoms with Gasteiger partial charge in [0.2, 0.25) is 0 Å². The fraction of sp³-hybridized carbons (Fsp3) is 1.00. The van der Waals surface area contributed by atoms with Gasteiger partial charge in [-0.1, -0.05) is 48.8 Å². The van der Waals surface area contributed by atoms with Crippen LogP contribution in [0.15, 0.2) is 0 Å². The third-order valence-electron chi connectivity index (χ3n) is 3.20. The fourth-order valence-electron chi connectivity index (χ4n) is 2.20. The first-order valence-corrected chi connectivity index (χ1v) is 6.84. The average Bonchev–Trinajstić information content (AvgIpc) is 2.16. The Morgan fingerprint density at radius 3 is 2.31 bits per heavy atom. The van der Waals surface area contributed by atoms with Gasteiger partial charge in [0.15, 0.2) is 0 Å². The van der Waals surface area contributed by atoms with Crippen molar-refractivity contribution in [3.63, 3.8) is 0 Å². The Kier molecular flexibility index (Phi) is 5.63. The normalized spacial score (nSPS) is 34.4. The highest BCUT2D eigenvalue weighted by molar-refractivity contribution is 14.1. The van der Waals surface area contributed by atoms with Gasteiger partial charge in [-0.25, -0.2) is 0 Å². The highest BCUT2D eigenvalue weighted by Gasteiger charge is 2.16. The predicted molar refractivity (Wildman–Crippen MR) is 67.3 cm³/mol. The van der Waals surface area contributed by atoms with Gasteiger partial charge >= 0.3 is 0 Å². The van der Waals surface area contributed by atoms with Crippen LogP contribution >= 0.6 is 22.6 Å². The van der Waals surface area contributed by atoms with Gasteiger partial charge in [-0.3, -0.25) is 0 Å². The van der Waals surface area contributed by atoms with Crippen molar-refractivity contribution in [2.75, 3.05) is 0 Å². The van der Waals surface area contributed by atoms with Gasteiger partial charge in [0, 0.05) is 9.97 Å². The molecule has 1 saturated carbocycles. The zero-order valence-electron chi connectivity index (χ0n) is 8.64. The second-order valence-corrected chi connectivity index (χ2v) is 6.38. The molecule has 0 heterocycles. The number of hydrogen-bond acceptors (Lipinski definition) is 1. The molecule has 0 aromatic heterocycles. The Morgan fingerprint density at radius 2 is 1.62 bits per heavy atom. The summed E-state index contributed by atoms with van der Waals surface area (Å²) in [6, 6.07) is 0.489. The summed E-state index contributed by atoms with van der Waals surface area (Å²) in [6.07, 6.45) is 9.42. The highest BCUT2D eigenvalue weighted by Crippen LogP contribution is 2.27. The molecule has 3 atom stereocenters. The molecule has 2 heteroatoms. The smallest absolute Gasteiger partial charge is 0.0110 e. The number of hydrogen-bond donors (Lipinski definition) is 1. The molecule has 3 unspecified atom stereocenters. The van der Waals surface area contributed by atoms with Crippen LogP contribution in [0, 0.1) is 5.92 Å². The number of rotatable bonds is 1. The summed E-state index contributed by atoms with van der Waals surface area (Å²) < 4.78 is 0.840. The van der Waals surface area contributed by atoms with Crippen molar-refractivity contribution in [2.45, 2.75) is 61.8 Å². The molecule has 0 radical (unpaired) electrons. The summed E-state index contributed by atoms with van der Waals surface area (Å²) >= 11 is 2.58. The van der Waals surface area contributed by atoms with E-state index in [9.17, 15) is 0 Å². The molecule has 2 N–H and O–H groups in total. The minimum absolute atomic E-state index is 0.489. The van der Waals surface area contributed by atoms with Crippen LogP contribution in [-0.4, -0.2) is 9.97 Å². The molecule has 0 aliphatic heterocycles. The lowest BCUT2D eigenvalue weighted by Gasteiger charge is -2.18. The van der Waals surface area contributed by atoms with E-state index >= 15 is 0 Å². The maximum atomic E-state index is 5.99. The Bertz CT molecular complexity index is 136. The van der Waals surface area contributed by atoms with Crippen molar-refractivity contribution < 1.29 is 0 Å². The first-order chi connectivity index (χ1) is 6.20. The zero-order valence-corrected chi connectivity index (χ0v) is 10.8. The quantitative estimate of drug-likeness (QED) is 0.581. The molecule has 1 rings (SSSR count). The minimum atomic E-state index is 0.489. The largest absolute Gasteiger partial charge is 0.328 e. The third kappa shape index (κ3) is 4.63. The second kappa shape index (κ2) is 6.23. The molecule has 1 aliphatic rings. The van der Waals surface area contributed by atoms with E-state index in [4.69, 9.17) is 5.73 Å². The van der Waals surface area contributed by atoms with Crippen molar-refractivity contribution in [1.82, 2.24) is 0 Å². The topological polar surface area (TPSA) is 26.0 Å². The van der Waals surface area contributed by atoms with E-state index in [1.54, 1.807) is 0 Å². The van der Waals surface area contributed by atoms with Crippen LogP contribution in [0.1, 0.15) is 51.9 Å². The lowest BCUT2D eigenvalue weighted by atomic mass is 9.94. The van der Waals surface area contributed by atoms with Crippen molar-refractivity contribution in [3.05, 3.63) is 0 Å². The first kappa shape index (κ1) is 11.8. The van der Waals surface area contributed by atoms with Crippen molar-refractivity contribution in [2.24, 2.45) is 11.7 Å². The van der Waals surface area contributed by atoms with Crippen LogP contribution in [0.25, 0.3) is 0 Å². The molecule has 0 amide bonds. The van der Waals surface area contributed by atoms with Gasteiger partial charge in [-0.05, 0) is 31.6 Å². The van der Waals surface area contributed by atoms with E-state index in [1.165, 1.54) is 44.9 Å². The van der Waals surface area contributed by atoms with Gasteiger partial charge < -0.3 is 5.73 Å². The van der Waals surface area contributed by atoms with Crippen LogP contribution < -0.4 is 5.73 Å². The zero-order chi connectivity index (χ0) is 9.68. The monoisotopic (exact) mass is 295 g/mol. The Balaban J connectivity index is 2.34. The Hall–Kier alpha value is 0.690. The molecule has 0 aromatic carbocycles. The summed E-state index contributed by atoms with van der Waals surface area (Å²) in [5.74, 6) is 0.950. The second-order valence-electron chi connectivity index (χ2n) is 4.41. The average molecular weight is 295 g/mol. The van der Waals surface area contributed by atoms with Gasteiger partial charge in [-0.15, -0.1) is 0 Å². The predicted octanol–water partition coefficient (Wildman–Crippen LogP) is 3.50. The lowest BCUT2D eigenvalue weighted by molar-refractivity contribution is 0.432. The number of nitrogens with two attached hydrogens (primary N) is 1. The summed E-state index contributed by atoms with van der Waals surface area (Å²) in [6.45, 7) is 2.35. The molecule has 1 fully saturated rings. The maximum absolute atomic E-state index is 5.99. The highest BCUT2D eigenvalue weighted by atomic mass is 127. The van der Waals surface area contributed by atoms with E-state index in [0.717, 1.165) is 9.84 Å². The van der Waals surface area contributed by atoms with E-state index in [2.05, 4.69) is 29.5 Å². The van der Waals surface area contributed by atoms with E-state index < -0.39 is 0 Å². The van der Waals surface area contributed by atoms with E-state index in [-0.39, 0.29) is 0 Å². The molecular formula is C11H22IN. The van der Waals surface area contributed by atoms with Gasteiger partial charge in [0.1, 0.15) is 0 Å². The number of alkyl halides is 1. The van der Waals surface area contributed by atoms with Crippen LogP contribution in [0.3, 0.4) is 0 Å². The molecular weight excluding hydrogens is 273 g/mol. The lowest BCUT2D eigenvalue weighted by Crippen LogP contribution is -2.19. The third-order valence-corrected chi connectivity index (χ3v) is 4.22. The van der Waals surface area contributed by atoms with Crippen molar-refractivity contribution in [3.8, 4) is 0 Å². The molecule has 1 aliphatic carbocycles. The van der Waals surface area contributed by atoms with E-state index in [1.807, 2.05) is 0 Å². The molecule has 13 heavy (non-hydrogen) atoms. The Morgan fingerprint density at radius 1 is 1.08 bits per heavy atom. The molecule has 0 aromatic rings. The first-order valence-electron chi connectivity index (χ1n) is 5.60. The summed E-state index contributed by atoms with van der Waals surface area (Å²) in [5.41, 5.74) is 5.99. The van der Waals surface area contributed by atoms with Gasteiger partial charge in [-0.2, -0.15) is 0 Å². The summed E-state index contributed by atoms with van der Waals surface area (Å²) in [7, 11) is 0. The molecule has 0 bridgehead atoms. The standard InChI is InChI=1S/C11H22IN/c1-9(12)10-5-2-3-7-11(13)8-4-6-10/h9-11H,2-8,13H2,1H3. The van der Waals surface area contributed by atoms with E-state index in [0.29, 0.717) is 6.04 Å².